The van der Waals surface area contributed by atoms with E-state index in [4.69, 9.17) is 5.73 Å². The molecule has 0 aliphatic rings. The Morgan fingerprint density at radius 2 is 2.50 bits per heavy atom. The van der Waals surface area contributed by atoms with Crippen molar-refractivity contribution < 1.29 is 4.79 Å². The van der Waals surface area contributed by atoms with E-state index in [1.165, 1.54) is 12.4 Å². The van der Waals surface area contributed by atoms with Gasteiger partial charge < -0.3 is 0 Å². The average molecular weight is 110 g/mol. The Bertz CT molecular complexity index is 179. The van der Waals surface area contributed by atoms with Crippen molar-refractivity contribution in [2.45, 2.75) is 0 Å². The van der Waals surface area contributed by atoms with Crippen LogP contribution in [-0.4, -0.2) is 15.8 Å². The van der Waals surface area contributed by atoms with Gasteiger partial charge in [0.05, 0.1) is 0 Å². The van der Waals surface area contributed by atoms with Crippen LogP contribution < -0.4 is 5.73 Å². The summed E-state index contributed by atoms with van der Waals surface area (Å²) in [6.45, 7) is 0. The largest absolute Gasteiger partial charge is 0.360 e. The van der Waals surface area contributed by atoms with E-state index in [0.717, 1.165) is 4.68 Å². The molecule has 0 unspecified atom stereocenters. The second-order valence-electron chi connectivity index (χ2n) is 1.26. The maximum atomic E-state index is 10.1. The Balaban J connectivity index is 2.93. The van der Waals surface area contributed by atoms with Crippen LogP contribution in [0.4, 0.5) is 4.79 Å². The lowest BCUT2D eigenvalue weighted by Gasteiger charge is -1.85. The van der Waals surface area contributed by atoms with E-state index in [9.17, 15) is 4.79 Å². The van der Waals surface area contributed by atoms with Crippen LogP contribution in [0.5, 0.6) is 0 Å². The van der Waals surface area contributed by atoms with Crippen LogP contribution in [0, 0.1) is 0 Å². The first-order chi connectivity index (χ1) is 3.80. The number of hydrogen-bond acceptors (Lipinski definition) is 2. The molecule has 1 heterocycles. The van der Waals surface area contributed by atoms with Crippen LogP contribution in [0.1, 0.15) is 0 Å². The van der Waals surface area contributed by atoms with Crippen molar-refractivity contribution >= 4 is 6.03 Å². The highest BCUT2D eigenvalue weighted by Crippen LogP contribution is 1.79. The molecular formula is C4H4N3O. The van der Waals surface area contributed by atoms with Crippen LogP contribution in [-0.2, 0) is 0 Å². The zero-order valence-corrected chi connectivity index (χ0v) is 4.03. The lowest BCUT2D eigenvalue weighted by molar-refractivity contribution is 0.246. The number of carbonyl (C=O) groups excluding carboxylic acids is 1. The van der Waals surface area contributed by atoms with Crippen molar-refractivity contribution in [1.29, 1.82) is 0 Å². The predicted octanol–water partition coefficient (Wildman–Crippen LogP) is 0.134. The Morgan fingerprint density at radius 3 is 2.75 bits per heavy atom. The fraction of sp³-hybridized carbons (Fsp3) is 0. The monoisotopic (exact) mass is 110 g/mol. The quantitative estimate of drug-likeness (QED) is 0.476. The van der Waals surface area contributed by atoms with Crippen molar-refractivity contribution in [2.75, 3.05) is 0 Å². The van der Waals surface area contributed by atoms with Gasteiger partial charge in [-0.05, 0) is 6.07 Å². The SMILES string of the molecule is [NH]C(=O)n1cccn1. The minimum Gasteiger partial charge on any atom is -0.246 e. The molecule has 0 atom stereocenters. The third-order valence-corrected chi connectivity index (χ3v) is 0.712. The molecule has 1 N–H and O–H groups in total. The van der Waals surface area contributed by atoms with Gasteiger partial charge in [-0.15, -0.1) is 0 Å². The number of aromatic nitrogens is 2. The molecular weight excluding hydrogens is 106 g/mol. The Kier molecular flexibility index (Phi) is 0.997. The third kappa shape index (κ3) is 0.676. The number of rotatable bonds is 0. The summed E-state index contributed by atoms with van der Waals surface area (Å²) in [4.78, 5) is 10.1. The molecule has 1 radical (unpaired) electrons. The lowest BCUT2D eigenvalue weighted by Crippen LogP contribution is -2.09. The van der Waals surface area contributed by atoms with Gasteiger partial charge in [0.2, 0.25) is 0 Å². The maximum Gasteiger partial charge on any atom is 0.360 e. The molecule has 1 amide bonds. The standard InChI is InChI=1S/C4H4N3O/c5-4(8)7-3-1-2-6-7/h1-3,5H. The molecule has 0 aromatic carbocycles. The van der Waals surface area contributed by atoms with Gasteiger partial charge >= 0.3 is 6.03 Å². The van der Waals surface area contributed by atoms with Crippen molar-refractivity contribution in [2.24, 2.45) is 0 Å². The van der Waals surface area contributed by atoms with Gasteiger partial charge in [-0.25, -0.2) is 10.5 Å². The number of nitrogens with zero attached hydrogens (tertiary/aromatic N) is 2. The smallest absolute Gasteiger partial charge is 0.246 e. The predicted molar refractivity (Wildman–Crippen MR) is 26.1 cm³/mol. The molecule has 8 heavy (non-hydrogen) atoms. The van der Waals surface area contributed by atoms with E-state index in [1.54, 1.807) is 6.07 Å². The molecule has 1 rings (SSSR count). The van der Waals surface area contributed by atoms with Gasteiger partial charge in [0.15, 0.2) is 0 Å². The fourth-order valence-corrected chi connectivity index (χ4v) is 0.389. The first kappa shape index (κ1) is 4.83. The zero-order valence-electron chi connectivity index (χ0n) is 4.03. The molecule has 4 nitrogen and oxygen atoms in total. The van der Waals surface area contributed by atoms with Gasteiger partial charge in [-0.3, -0.25) is 0 Å². The highest BCUT2D eigenvalue weighted by molar-refractivity contribution is 5.72. The van der Waals surface area contributed by atoms with Crippen LogP contribution in [0.15, 0.2) is 18.5 Å². The summed E-state index contributed by atoms with van der Waals surface area (Å²) in [5.74, 6) is 0. The van der Waals surface area contributed by atoms with Crippen LogP contribution in [0.2, 0.25) is 0 Å². The summed E-state index contributed by atoms with van der Waals surface area (Å²) in [5.41, 5.74) is 6.50. The van der Waals surface area contributed by atoms with Crippen molar-refractivity contribution in [1.82, 2.24) is 15.5 Å². The minimum absolute atomic E-state index is 0.810. The lowest BCUT2D eigenvalue weighted by atomic mass is 10.7. The molecule has 4 heteroatoms. The van der Waals surface area contributed by atoms with E-state index < -0.39 is 6.03 Å². The second-order valence-corrected chi connectivity index (χ2v) is 1.26. The Labute approximate surface area is 45.9 Å². The van der Waals surface area contributed by atoms with E-state index in [2.05, 4.69) is 5.10 Å². The molecule has 0 spiro atoms. The first-order valence-electron chi connectivity index (χ1n) is 2.06. The van der Waals surface area contributed by atoms with Gasteiger partial charge in [0, 0.05) is 12.4 Å². The van der Waals surface area contributed by atoms with Crippen LogP contribution in [0.3, 0.4) is 0 Å². The average Bonchev–Trinajstić information content (AvgIpc) is 2.12. The topological polar surface area (TPSA) is 58.7 Å². The maximum absolute atomic E-state index is 10.1. The van der Waals surface area contributed by atoms with E-state index in [0.29, 0.717) is 0 Å². The number of nitrogens with one attached hydrogen (secondary N) is 1. The summed E-state index contributed by atoms with van der Waals surface area (Å²) in [6, 6.07) is 0.780. The summed E-state index contributed by atoms with van der Waals surface area (Å²) in [7, 11) is 0. The molecule has 0 saturated heterocycles. The highest BCUT2D eigenvalue weighted by atomic mass is 16.2. The van der Waals surface area contributed by atoms with Crippen molar-refractivity contribution in [3.8, 4) is 0 Å². The van der Waals surface area contributed by atoms with Crippen LogP contribution in [0.25, 0.3) is 0 Å². The summed E-state index contributed by atoms with van der Waals surface area (Å²) in [5, 5.41) is 3.50. The highest BCUT2D eigenvalue weighted by Gasteiger charge is 1.93. The summed E-state index contributed by atoms with van der Waals surface area (Å²) in [6.07, 6.45) is 2.88. The van der Waals surface area contributed by atoms with Crippen LogP contribution >= 0.6 is 0 Å². The molecule has 1 aromatic rings. The zero-order chi connectivity index (χ0) is 5.98. The Hall–Kier alpha value is -1.32. The molecule has 0 aliphatic heterocycles. The molecule has 1 aromatic heterocycles. The van der Waals surface area contributed by atoms with E-state index >= 15 is 0 Å². The molecule has 0 bridgehead atoms. The van der Waals surface area contributed by atoms with Gasteiger partial charge in [0.25, 0.3) is 0 Å². The second kappa shape index (κ2) is 1.65. The van der Waals surface area contributed by atoms with Crippen molar-refractivity contribution in [3.05, 3.63) is 18.5 Å². The van der Waals surface area contributed by atoms with E-state index in [1.807, 2.05) is 0 Å². The first-order valence-corrected chi connectivity index (χ1v) is 2.06. The molecule has 0 aliphatic carbocycles. The Morgan fingerprint density at radius 1 is 1.75 bits per heavy atom. The summed E-state index contributed by atoms with van der Waals surface area (Å²) >= 11 is 0. The number of carbonyl (C=O) groups is 1. The van der Waals surface area contributed by atoms with Gasteiger partial charge in [0.1, 0.15) is 0 Å². The number of amides is 1. The molecule has 0 fully saturated rings. The van der Waals surface area contributed by atoms with Crippen molar-refractivity contribution in [3.63, 3.8) is 0 Å². The van der Waals surface area contributed by atoms with Gasteiger partial charge in [-0.2, -0.15) is 9.78 Å². The minimum atomic E-state index is -0.810. The summed E-state index contributed by atoms with van der Waals surface area (Å²) < 4.78 is 0.944. The number of hydrogen-bond donors (Lipinski definition) is 0. The normalized spacial score (nSPS) is 9.00. The van der Waals surface area contributed by atoms with Gasteiger partial charge in [-0.1, -0.05) is 0 Å². The fourth-order valence-electron chi connectivity index (χ4n) is 0.389. The third-order valence-electron chi connectivity index (χ3n) is 0.712. The molecule has 41 valence electrons. The van der Waals surface area contributed by atoms with E-state index in [-0.39, 0.29) is 0 Å². The molecule has 0 saturated carbocycles.